The Balaban J connectivity index is 1.74. The van der Waals surface area contributed by atoms with Gasteiger partial charge >= 0.3 is 0 Å². The monoisotopic (exact) mass is 376 g/mol. The zero-order valence-electron chi connectivity index (χ0n) is 13.2. The Morgan fingerprint density at radius 3 is 2.54 bits per heavy atom. The van der Waals surface area contributed by atoms with E-state index in [2.05, 4.69) is 9.82 Å². The third-order valence-electron chi connectivity index (χ3n) is 3.47. The van der Waals surface area contributed by atoms with Crippen molar-refractivity contribution in [2.45, 2.75) is 11.4 Å². The SMILES string of the molecule is O=[N+]([O-])c1ccc(S(=O)(=O)Nc2ccn(Cc3cccc(F)c3)n2)cc1. The number of nitro groups is 1. The fraction of sp³-hybridized carbons (Fsp3) is 0.0625. The topological polar surface area (TPSA) is 107 Å². The highest BCUT2D eigenvalue weighted by Gasteiger charge is 2.17. The third-order valence-corrected chi connectivity index (χ3v) is 4.84. The fourth-order valence-corrected chi connectivity index (χ4v) is 3.27. The van der Waals surface area contributed by atoms with E-state index in [-0.39, 0.29) is 28.8 Å². The summed E-state index contributed by atoms with van der Waals surface area (Å²) in [6.45, 7) is 0.275. The number of nitrogens with zero attached hydrogens (tertiary/aromatic N) is 3. The van der Waals surface area contributed by atoms with Gasteiger partial charge in [-0.15, -0.1) is 0 Å². The van der Waals surface area contributed by atoms with Crippen LogP contribution in [0.2, 0.25) is 0 Å². The van der Waals surface area contributed by atoms with Crippen LogP contribution in [0.1, 0.15) is 5.56 Å². The normalized spacial score (nSPS) is 11.3. The molecule has 1 N–H and O–H groups in total. The van der Waals surface area contributed by atoms with E-state index in [0.29, 0.717) is 5.56 Å². The average Bonchev–Trinajstić information content (AvgIpc) is 3.01. The van der Waals surface area contributed by atoms with E-state index < -0.39 is 14.9 Å². The maximum absolute atomic E-state index is 13.2. The first-order valence-electron chi connectivity index (χ1n) is 7.39. The Labute approximate surface area is 148 Å². The van der Waals surface area contributed by atoms with E-state index in [4.69, 9.17) is 0 Å². The molecular weight excluding hydrogens is 363 g/mol. The molecule has 0 spiro atoms. The summed E-state index contributed by atoms with van der Waals surface area (Å²) in [5, 5.41) is 14.7. The molecule has 0 aliphatic carbocycles. The summed E-state index contributed by atoms with van der Waals surface area (Å²) >= 11 is 0. The number of halogens is 1. The van der Waals surface area contributed by atoms with E-state index in [1.807, 2.05) is 0 Å². The van der Waals surface area contributed by atoms with E-state index in [1.54, 1.807) is 18.3 Å². The van der Waals surface area contributed by atoms with Crippen molar-refractivity contribution < 1.29 is 17.7 Å². The molecule has 26 heavy (non-hydrogen) atoms. The molecule has 8 nitrogen and oxygen atoms in total. The molecule has 134 valence electrons. The number of anilines is 1. The smallest absolute Gasteiger partial charge is 0.266 e. The van der Waals surface area contributed by atoms with Crippen LogP contribution in [-0.2, 0) is 16.6 Å². The molecule has 3 rings (SSSR count). The Morgan fingerprint density at radius 2 is 1.88 bits per heavy atom. The minimum atomic E-state index is -3.93. The highest BCUT2D eigenvalue weighted by molar-refractivity contribution is 7.92. The van der Waals surface area contributed by atoms with Gasteiger partial charge < -0.3 is 0 Å². The summed E-state index contributed by atoms with van der Waals surface area (Å²) in [4.78, 5) is 9.90. The Kier molecular flexibility index (Phi) is 4.67. The summed E-state index contributed by atoms with van der Waals surface area (Å²) in [7, 11) is -3.93. The molecular formula is C16H13FN4O4S. The number of non-ortho nitro benzene ring substituents is 1. The number of hydrogen-bond acceptors (Lipinski definition) is 5. The van der Waals surface area contributed by atoms with Gasteiger partial charge in [0.1, 0.15) is 5.82 Å². The van der Waals surface area contributed by atoms with E-state index in [9.17, 15) is 22.9 Å². The Hall–Kier alpha value is -3.27. The maximum atomic E-state index is 13.2. The van der Waals surface area contributed by atoms with Crippen LogP contribution in [0.25, 0.3) is 0 Å². The molecule has 1 heterocycles. The van der Waals surface area contributed by atoms with Crippen molar-refractivity contribution in [1.29, 1.82) is 0 Å². The first-order valence-corrected chi connectivity index (χ1v) is 8.87. The average molecular weight is 376 g/mol. The molecule has 10 heteroatoms. The van der Waals surface area contributed by atoms with Gasteiger partial charge in [0.25, 0.3) is 15.7 Å². The quantitative estimate of drug-likeness (QED) is 0.526. The standard InChI is InChI=1S/C16H13FN4O4S/c17-13-3-1-2-12(10-13)11-20-9-8-16(18-20)19-26(24,25)15-6-4-14(5-7-15)21(22)23/h1-10H,11H2,(H,18,19). The summed E-state index contributed by atoms with van der Waals surface area (Å²) < 4.78 is 41.6. The van der Waals surface area contributed by atoms with Crippen LogP contribution in [0.3, 0.4) is 0 Å². The molecule has 0 fully saturated rings. The van der Waals surface area contributed by atoms with Crippen LogP contribution < -0.4 is 4.72 Å². The summed E-state index contributed by atoms with van der Waals surface area (Å²) in [5.74, 6) is -0.284. The zero-order chi connectivity index (χ0) is 18.7. The summed E-state index contributed by atoms with van der Waals surface area (Å²) in [6.07, 6.45) is 1.55. The van der Waals surface area contributed by atoms with Crippen molar-refractivity contribution in [3.05, 3.63) is 82.3 Å². The molecule has 0 saturated heterocycles. The summed E-state index contributed by atoms with van der Waals surface area (Å²) in [5.41, 5.74) is 0.473. The number of nitro benzene ring substituents is 1. The number of benzene rings is 2. The van der Waals surface area contributed by atoms with Gasteiger partial charge in [0, 0.05) is 24.4 Å². The molecule has 0 aliphatic heterocycles. The molecule has 1 aromatic heterocycles. The van der Waals surface area contributed by atoms with Gasteiger partial charge in [-0.05, 0) is 29.8 Å². The summed E-state index contributed by atoms with van der Waals surface area (Å²) in [6, 6.07) is 12.0. The molecule has 0 amide bonds. The lowest BCUT2D eigenvalue weighted by Crippen LogP contribution is -2.13. The lowest BCUT2D eigenvalue weighted by atomic mass is 10.2. The first-order chi connectivity index (χ1) is 12.3. The number of sulfonamides is 1. The van der Waals surface area contributed by atoms with Crippen molar-refractivity contribution >= 4 is 21.5 Å². The molecule has 0 aliphatic rings. The minimum Gasteiger partial charge on any atom is -0.266 e. The predicted octanol–water partition coefficient (Wildman–Crippen LogP) is 2.78. The number of rotatable bonds is 6. The zero-order valence-corrected chi connectivity index (χ0v) is 14.1. The van der Waals surface area contributed by atoms with E-state index in [1.165, 1.54) is 22.9 Å². The molecule has 0 atom stereocenters. The molecule has 0 saturated carbocycles. The van der Waals surface area contributed by atoms with Gasteiger partial charge in [0.15, 0.2) is 5.82 Å². The molecule has 0 radical (unpaired) electrons. The van der Waals surface area contributed by atoms with Gasteiger partial charge in [-0.1, -0.05) is 12.1 Å². The Morgan fingerprint density at radius 1 is 1.15 bits per heavy atom. The van der Waals surface area contributed by atoms with Gasteiger partial charge in [0.05, 0.1) is 16.4 Å². The van der Waals surface area contributed by atoms with Crippen LogP contribution in [0.5, 0.6) is 0 Å². The van der Waals surface area contributed by atoms with Gasteiger partial charge in [-0.3, -0.25) is 19.5 Å². The lowest BCUT2D eigenvalue weighted by Gasteiger charge is -2.05. The molecule has 0 unspecified atom stereocenters. The highest BCUT2D eigenvalue weighted by atomic mass is 32.2. The second-order valence-corrected chi connectivity index (χ2v) is 7.07. The van der Waals surface area contributed by atoms with Crippen LogP contribution in [0.15, 0.2) is 65.7 Å². The minimum absolute atomic E-state index is 0.0831. The van der Waals surface area contributed by atoms with Gasteiger partial charge in [-0.2, -0.15) is 5.10 Å². The van der Waals surface area contributed by atoms with Crippen molar-refractivity contribution in [2.24, 2.45) is 0 Å². The second kappa shape index (κ2) is 6.92. The third kappa shape index (κ3) is 4.03. The maximum Gasteiger partial charge on any atom is 0.269 e. The van der Waals surface area contributed by atoms with Crippen molar-refractivity contribution in [3.8, 4) is 0 Å². The Bertz CT molecular complexity index is 1050. The van der Waals surface area contributed by atoms with Crippen LogP contribution in [0.4, 0.5) is 15.9 Å². The molecule has 0 bridgehead atoms. The van der Waals surface area contributed by atoms with Crippen molar-refractivity contribution in [3.63, 3.8) is 0 Å². The van der Waals surface area contributed by atoms with E-state index >= 15 is 0 Å². The van der Waals surface area contributed by atoms with Crippen LogP contribution in [0, 0.1) is 15.9 Å². The lowest BCUT2D eigenvalue weighted by molar-refractivity contribution is -0.384. The number of hydrogen-bond donors (Lipinski definition) is 1. The van der Waals surface area contributed by atoms with Crippen molar-refractivity contribution in [2.75, 3.05) is 4.72 Å². The first kappa shape index (κ1) is 17.5. The molecule has 3 aromatic rings. The van der Waals surface area contributed by atoms with Crippen LogP contribution in [-0.4, -0.2) is 23.1 Å². The highest BCUT2D eigenvalue weighted by Crippen LogP contribution is 2.18. The van der Waals surface area contributed by atoms with Crippen LogP contribution >= 0.6 is 0 Å². The second-order valence-electron chi connectivity index (χ2n) is 5.38. The largest absolute Gasteiger partial charge is 0.269 e. The van der Waals surface area contributed by atoms with Crippen molar-refractivity contribution in [1.82, 2.24) is 9.78 Å². The van der Waals surface area contributed by atoms with Gasteiger partial charge in [-0.25, -0.2) is 12.8 Å². The number of nitrogens with one attached hydrogen (secondary N) is 1. The van der Waals surface area contributed by atoms with Gasteiger partial charge in [0.2, 0.25) is 0 Å². The molecule has 2 aromatic carbocycles. The van der Waals surface area contributed by atoms with E-state index in [0.717, 1.165) is 24.3 Å². The number of aromatic nitrogens is 2. The predicted molar refractivity (Wildman–Crippen MR) is 91.6 cm³/mol. The fourth-order valence-electron chi connectivity index (χ4n) is 2.27.